The fraction of sp³-hybridized carbons (Fsp3) is 0.0667. The summed E-state index contributed by atoms with van der Waals surface area (Å²) in [6, 6.07) is 16.9. The van der Waals surface area contributed by atoms with Crippen LogP contribution in [0.2, 0.25) is 0 Å². The summed E-state index contributed by atoms with van der Waals surface area (Å²) in [7, 11) is 0. The molecule has 0 aliphatic rings. The predicted molar refractivity (Wildman–Crippen MR) is 80.8 cm³/mol. The van der Waals surface area contributed by atoms with Crippen molar-refractivity contribution < 1.29 is 9.47 Å². The number of para-hydroxylation sites is 1. The maximum absolute atomic E-state index is 5.71. The summed E-state index contributed by atoms with van der Waals surface area (Å²) >= 11 is 1.33. The fourth-order valence-corrected chi connectivity index (χ4v) is 2.25. The van der Waals surface area contributed by atoms with E-state index < -0.39 is 0 Å². The second-order valence-corrected chi connectivity index (χ2v) is 5.18. The highest BCUT2D eigenvalue weighted by Gasteiger charge is 2.05. The summed E-state index contributed by atoms with van der Waals surface area (Å²) in [5.74, 6) is 2.21. The van der Waals surface area contributed by atoms with Crippen LogP contribution in [0.25, 0.3) is 0 Å². The third-order valence-electron chi connectivity index (χ3n) is 2.63. The molecule has 1 aromatic heterocycles. The van der Waals surface area contributed by atoms with Crippen molar-refractivity contribution in [1.29, 1.82) is 0 Å². The molecule has 0 atom stereocenters. The molecule has 3 aromatic rings. The minimum atomic E-state index is 0.366. The van der Waals surface area contributed by atoms with Gasteiger partial charge in [0.1, 0.15) is 22.3 Å². The Balaban J connectivity index is 1.66. The number of aromatic nitrogens is 2. The summed E-state index contributed by atoms with van der Waals surface area (Å²) < 4.78 is 11.3. The van der Waals surface area contributed by atoms with Crippen molar-refractivity contribution >= 4 is 11.3 Å². The standard InChI is InChI=1S/C15H13N3O2S/c16-10-14-17-18-15(21-14)20-13-8-6-12(7-9-13)19-11-4-2-1-3-5-11/h1-9H,10,16H2. The third-order valence-corrected chi connectivity index (χ3v) is 3.45. The third kappa shape index (κ3) is 3.56. The molecule has 2 N–H and O–H groups in total. The Morgan fingerprint density at radius 2 is 1.43 bits per heavy atom. The van der Waals surface area contributed by atoms with E-state index in [4.69, 9.17) is 15.2 Å². The van der Waals surface area contributed by atoms with E-state index in [-0.39, 0.29) is 0 Å². The first-order valence-corrected chi connectivity index (χ1v) is 7.18. The molecule has 0 aliphatic carbocycles. The maximum Gasteiger partial charge on any atom is 0.299 e. The minimum Gasteiger partial charge on any atom is -0.457 e. The van der Waals surface area contributed by atoms with Gasteiger partial charge in [0.05, 0.1) is 0 Å². The van der Waals surface area contributed by atoms with Crippen molar-refractivity contribution in [2.75, 3.05) is 0 Å². The van der Waals surface area contributed by atoms with Crippen molar-refractivity contribution in [1.82, 2.24) is 10.2 Å². The molecule has 0 spiro atoms. The van der Waals surface area contributed by atoms with Gasteiger partial charge in [-0.15, -0.1) is 5.10 Å². The van der Waals surface area contributed by atoms with E-state index in [1.165, 1.54) is 11.3 Å². The topological polar surface area (TPSA) is 70.3 Å². The molecule has 0 fully saturated rings. The molecule has 21 heavy (non-hydrogen) atoms. The second kappa shape index (κ2) is 6.34. The Hall–Kier alpha value is -2.44. The highest BCUT2D eigenvalue weighted by atomic mass is 32.1. The summed E-state index contributed by atoms with van der Waals surface area (Å²) in [6.07, 6.45) is 0. The van der Waals surface area contributed by atoms with E-state index >= 15 is 0 Å². The van der Waals surface area contributed by atoms with Gasteiger partial charge in [-0.25, -0.2) is 0 Å². The molecule has 0 unspecified atom stereocenters. The summed E-state index contributed by atoms with van der Waals surface area (Å²) in [5.41, 5.74) is 5.49. The van der Waals surface area contributed by atoms with Crippen molar-refractivity contribution in [3.05, 3.63) is 59.6 Å². The summed E-state index contributed by atoms with van der Waals surface area (Å²) in [4.78, 5) is 0. The van der Waals surface area contributed by atoms with Crippen molar-refractivity contribution in [3.63, 3.8) is 0 Å². The van der Waals surface area contributed by atoms with Gasteiger partial charge in [-0.1, -0.05) is 34.6 Å². The molecule has 0 aliphatic heterocycles. The van der Waals surface area contributed by atoms with E-state index in [0.717, 1.165) is 16.5 Å². The van der Waals surface area contributed by atoms with E-state index in [9.17, 15) is 0 Å². The van der Waals surface area contributed by atoms with Crippen molar-refractivity contribution in [2.45, 2.75) is 6.54 Å². The zero-order valence-corrected chi connectivity index (χ0v) is 11.9. The molecule has 6 heteroatoms. The number of rotatable bonds is 5. The summed E-state index contributed by atoms with van der Waals surface area (Å²) in [6.45, 7) is 0.366. The van der Waals surface area contributed by atoms with Gasteiger partial charge in [-0.2, -0.15) is 0 Å². The molecule has 2 aromatic carbocycles. The van der Waals surface area contributed by atoms with Gasteiger partial charge in [0.2, 0.25) is 0 Å². The van der Waals surface area contributed by atoms with Crippen LogP contribution in [0.4, 0.5) is 0 Å². The van der Waals surface area contributed by atoms with Crippen LogP contribution < -0.4 is 15.2 Å². The van der Waals surface area contributed by atoms with Gasteiger partial charge < -0.3 is 15.2 Å². The van der Waals surface area contributed by atoms with Crippen LogP contribution in [-0.2, 0) is 6.54 Å². The second-order valence-electron chi connectivity index (χ2n) is 4.15. The lowest BCUT2D eigenvalue weighted by Gasteiger charge is -2.06. The number of ether oxygens (including phenoxy) is 2. The first-order valence-electron chi connectivity index (χ1n) is 6.37. The van der Waals surface area contributed by atoms with Crippen LogP contribution in [0.15, 0.2) is 54.6 Å². The van der Waals surface area contributed by atoms with Gasteiger partial charge >= 0.3 is 0 Å². The highest BCUT2D eigenvalue weighted by molar-refractivity contribution is 7.13. The first kappa shape index (κ1) is 13.5. The zero-order chi connectivity index (χ0) is 14.5. The first-order chi connectivity index (χ1) is 10.3. The van der Waals surface area contributed by atoms with Gasteiger partial charge in [0, 0.05) is 6.54 Å². The summed E-state index contributed by atoms with van der Waals surface area (Å²) in [5, 5.41) is 9.03. The number of nitrogens with two attached hydrogens (primary N) is 1. The number of hydrogen-bond acceptors (Lipinski definition) is 6. The molecule has 0 amide bonds. The molecule has 106 valence electrons. The maximum atomic E-state index is 5.71. The van der Waals surface area contributed by atoms with Crippen LogP contribution in [-0.4, -0.2) is 10.2 Å². The van der Waals surface area contributed by atoms with Crippen LogP contribution in [0.5, 0.6) is 22.4 Å². The van der Waals surface area contributed by atoms with Gasteiger partial charge in [-0.05, 0) is 36.4 Å². The quantitative estimate of drug-likeness (QED) is 0.779. The molecule has 0 radical (unpaired) electrons. The van der Waals surface area contributed by atoms with E-state index in [1.807, 2.05) is 54.6 Å². The SMILES string of the molecule is NCc1nnc(Oc2ccc(Oc3ccccc3)cc2)s1. The van der Waals surface area contributed by atoms with Gasteiger partial charge in [-0.3, -0.25) is 0 Å². The van der Waals surface area contributed by atoms with Crippen molar-refractivity contribution in [3.8, 4) is 22.4 Å². The molecule has 1 heterocycles. The number of benzene rings is 2. The van der Waals surface area contributed by atoms with E-state index in [0.29, 0.717) is 17.5 Å². The molecular weight excluding hydrogens is 286 g/mol. The normalized spacial score (nSPS) is 10.3. The van der Waals surface area contributed by atoms with Crippen LogP contribution in [0.3, 0.4) is 0 Å². The Morgan fingerprint density at radius 3 is 2.05 bits per heavy atom. The lowest BCUT2D eigenvalue weighted by molar-refractivity contribution is 0.464. The Bertz CT molecular complexity index is 698. The fourth-order valence-electron chi connectivity index (χ4n) is 1.66. The average Bonchev–Trinajstić information content (AvgIpc) is 2.98. The number of hydrogen-bond donors (Lipinski definition) is 1. The Labute approximate surface area is 126 Å². The Kier molecular flexibility index (Phi) is 4.09. The van der Waals surface area contributed by atoms with Crippen LogP contribution in [0.1, 0.15) is 5.01 Å². The Morgan fingerprint density at radius 1 is 0.810 bits per heavy atom. The van der Waals surface area contributed by atoms with E-state index in [1.54, 1.807) is 0 Å². The van der Waals surface area contributed by atoms with Crippen LogP contribution >= 0.6 is 11.3 Å². The lowest BCUT2D eigenvalue weighted by Crippen LogP contribution is -1.94. The van der Waals surface area contributed by atoms with Crippen molar-refractivity contribution in [2.24, 2.45) is 5.73 Å². The number of nitrogens with zero attached hydrogens (tertiary/aromatic N) is 2. The highest BCUT2D eigenvalue weighted by Crippen LogP contribution is 2.28. The minimum absolute atomic E-state index is 0.366. The molecule has 0 saturated heterocycles. The molecule has 0 saturated carbocycles. The lowest BCUT2D eigenvalue weighted by atomic mass is 10.3. The molecular formula is C15H13N3O2S. The monoisotopic (exact) mass is 299 g/mol. The molecule has 5 nitrogen and oxygen atoms in total. The van der Waals surface area contributed by atoms with Crippen LogP contribution in [0, 0.1) is 0 Å². The molecule has 3 rings (SSSR count). The van der Waals surface area contributed by atoms with E-state index in [2.05, 4.69) is 10.2 Å². The zero-order valence-electron chi connectivity index (χ0n) is 11.1. The predicted octanol–water partition coefficient (Wildman–Crippen LogP) is 3.58. The largest absolute Gasteiger partial charge is 0.457 e. The van der Waals surface area contributed by atoms with Gasteiger partial charge in [0.25, 0.3) is 5.19 Å². The average molecular weight is 299 g/mol. The molecule has 0 bridgehead atoms. The van der Waals surface area contributed by atoms with Gasteiger partial charge in [0.15, 0.2) is 0 Å². The smallest absolute Gasteiger partial charge is 0.299 e.